The third kappa shape index (κ3) is 2.21. The smallest absolute Gasteiger partial charge is 0.287 e. The van der Waals surface area contributed by atoms with E-state index in [4.69, 9.17) is 12.2 Å². The number of thiocarbonyl (C=S) groups is 1. The average Bonchev–Trinajstić information content (AvgIpc) is 3.04. The molecule has 6 nitrogen and oxygen atoms in total. The van der Waals surface area contributed by atoms with E-state index in [1.807, 2.05) is 24.3 Å². The minimum Gasteiger partial charge on any atom is -0.287 e. The molecule has 1 fully saturated rings. The molecule has 1 aliphatic carbocycles. The van der Waals surface area contributed by atoms with Crippen molar-refractivity contribution in [3.05, 3.63) is 64.2 Å². The van der Waals surface area contributed by atoms with Gasteiger partial charge >= 0.3 is 6.03 Å². The molecule has 2 aliphatic rings. The van der Waals surface area contributed by atoms with Crippen molar-refractivity contribution < 1.29 is 9.59 Å². The van der Waals surface area contributed by atoms with Gasteiger partial charge in [-0.2, -0.15) is 10.5 Å². The van der Waals surface area contributed by atoms with E-state index < -0.39 is 11.9 Å². The molecule has 0 N–H and O–H groups in total. The van der Waals surface area contributed by atoms with Crippen LogP contribution >= 0.6 is 12.2 Å². The Balaban J connectivity index is 2.16. The number of nitrogens with zero attached hydrogens (tertiary/aromatic N) is 4. The van der Waals surface area contributed by atoms with E-state index in [0.717, 1.165) is 16.0 Å². The lowest BCUT2D eigenvalue weighted by Gasteiger charge is -2.32. The van der Waals surface area contributed by atoms with Crippen LogP contribution in [-0.4, -0.2) is 40.8 Å². The lowest BCUT2D eigenvalue weighted by atomic mass is 9.93. The average molecular weight is 384 g/mol. The van der Waals surface area contributed by atoms with Gasteiger partial charge in [-0.25, -0.2) is 4.79 Å². The van der Waals surface area contributed by atoms with Crippen molar-refractivity contribution in [2.45, 2.75) is 0 Å². The Morgan fingerprint density at radius 3 is 2.21 bits per heavy atom. The number of hydrogen-bond acceptors (Lipinski definition) is 5. The van der Waals surface area contributed by atoms with Crippen molar-refractivity contribution in [1.29, 1.82) is 10.5 Å². The molecule has 0 radical (unpaired) electrons. The molecule has 0 saturated carbocycles. The van der Waals surface area contributed by atoms with Crippen LogP contribution < -0.4 is 0 Å². The number of carbonyl (C=O) groups is 2. The lowest BCUT2D eigenvalue weighted by molar-refractivity contribution is -0.123. The van der Waals surface area contributed by atoms with E-state index in [1.165, 1.54) is 25.1 Å². The van der Waals surface area contributed by atoms with Crippen LogP contribution in [-0.2, 0) is 4.79 Å². The van der Waals surface area contributed by atoms with Gasteiger partial charge in [-0.3, -0.25) is 14.6 Å². The van der Waals surface area contributed by atoms with Crippen LogP contribution in [0.15, 0.2) is 42.0 Å². The number of likely N-dealkylation sites (N-methyl/N-ethyl adjacent to an activating group) is 2. The molecule has 2 aromatic rings. The fraction of sp³-hybridized carbons (Fsp3) is 0.0952. The number of carbonyl (C=O) groups excluding carboxylic acids is 2. The fourth-order valence-electron chi connectivity index (χ4n) is 3.66. The first-order chi connectivity index (χ1) is 13.4. The maximum Gasteiger partial charge on any atom is 0.331 e. The first-order valence-electron chi connectivity index (χ1n) is 8.33. The SMILES string of the molecule is CN1C(=O)C(=C2c3ccccc3-c3c(C#N)cc(C#N)cc32)C(=S)N(C)C1=O. The van der Waals surface area contributed by atoms with Gasteiger partial charge in [-0.15, -0.1) is 0 Å². The standard InChI is InChI=1S/C21H12N4O2S/c1-24-19(26)18(20(28)25(2)21(24)27)17-14-6-4-3-5-13(14)16-12(10-23)7-11(9-22)8-15(16)17/h3-8H,1-2H3. The van der Waals surface area contributed by atoms with Gasteiger partial charge in [0.1, 0.15) is 4.99 Å². The van der Waals surface area contributed by atoms with Gasteiger partial charge in [0.05, 0.1) is 28.8 Å². The molecule has 0 atom stereocenters. The van der Waals surface area contributed by atoms with E-state index in [9.17, 15) is 20.1 Å². The molecule has 4 rings (SSSR count). The summed E-state index contributed by atoms with van der Waals surface area (Å²) in [7, 11) is 2.92. The second-order valence-electron chi connectivity index (χ2n) is 6.48. The molecule has 134 valence electrons. The van der Waals surface area contributed by atoms with Gasteiger partial charge in [-0.05, 0) is 28.8 Å². The Morgan fingerprint density at radius 1 is 0.893 bits per heavy atom. The summed E-state index contributed by atoms with van der Waals surface area (Å²) < 4.78 is 0. The molecular weight excluding hydrogens is 372 g/mol. The first-order valence-corrected chi connectivity index (χ1v) is 8.74. The molecular formula is C21H12N4O2S. The summed E-state index contributed by atoms with van der Waals surface area (Å²) in [4.78, 5) is 27.6. The highest BCUT2D eigenvalue weighted by Crippen LogP contribution is 2.48. The lowest BCUT2D eigenvalue weighted by Crippen LogP contribution is -2.52. The van der Waals surface area contributed by atoms with Gasteiger partial charge in [0.15, 0.2) is 0 Å². The van der Waals surface area contributed by atoms with Crippen molar-refractivity contribution in [2.75, 3.05) is 14.1 Å². The molecule has 0 aromatic heterocycles. The van der Waals surface area contributed by atoms with Gasteiger partial charge in [-0.1, -0.05) is 36.5 Å². The number of amides is 3. The topological polar surface area (TPSA) is 88.2 Å². The van der Waals surface area contributed by atoms with Gasteiger partial charge in [0, 0.05) is 25.2 Å². The summed E-state index contributed by atoms with van der Waals surface area (Å²) in [6.07, 6.45) is 0. The molecule has 3 amide bonds. The number of benzene rings is 2. The van der Waals surface area contributed by atoms with Crippen LogP contribution in [0.1, 0.15) is 22.3 Å². The molecule has 1 aliphatic heterocycles. The Morgan fingerprint density at radius 2 is 1.57 bits per heavy atom. The molecule has 0 unspecified atom stereocenters. The highest BCUT2D eigenvalue weighted by Gasteiger charge is 2.40. The van der Waals surface area contributed by atoms with Crippen molar-refractivity contribution in [3.8, 4) is 23.3 Å². The van der Waals surface area contributed by atoms with Gasteiger partial charge < -0.3 is 0 Å². The Bertz CT molecular complexity index is 1200. The third-order valence-corrected chi connectivity index (χ3v) is 5.46. The highest BCUT2D eigenvalue weighted by molar-refractivity contribution is 7.81. The largest absolute Gasteiger partial charge is 0.331 e. The molecule has 28 heavy (non-hydrogen) atoms. The van der Waals surface area contributed by atoms with Crippen LogP contribution in [0.5, 0.6) is 0 Å². The monoisotopic (exact) mass is 384 g/mol. The predicted octanol–water partition coefficient (Wildman–Crippen LogP) is 3.06. The maximum atomic E-state index is 13.0. The fourth-order valence-corrected chi connectivity index (χ4v) is 3.92. The molecule has 0 spiro atoms. The van der Waals surface area contributed by atoms with E-state index in [1.54, 1.807) is 6.07 Å². The zero-order valence-corrected chi connectivity index (χ0v) is 15.8. The Labute approximate surface area is 166 Å². The minimum absolute atomic E-state index is 0.117. The van der Waals surface area contributed by atoms with E-state index in [2.05, 4.69) is 12.1 Å². The zero-order valence-electron chi connectivity index (χ0n) is 15.0. The molecule has 0 bridgehead atoms. The number of rotatable bonds is 0. The van der Waals surface area contributed by atoms with Crippen LogP contribution in [0, 0.1) is 22.7 Å². The van der Waals surface area contributed by atoms with Crippen molar-refractivity contribution in [1.82, 2.24) is 9.80 Å². The van der Waals surface area contributed by atoms with E-state index in [0.29, 0.717) is 27.8 Å². The molecule has 7 heteroatoms. The number of nitriles is 2. The summed E-state index contributed by atoms with van der Waals surface area (Å²) in [6, 6.07) is 14.3. The summed E-state index contributed by atoms with van der Waals surface area (Å²) in [6.45, 7) is 0. The predicted molar refractivity (Wildman–Crippen MR) is 106 cm³/mol. The minimum atomic E-state index is -0.508. The molecule has 2 aromatic carbocycles. The first kappa shape index (κ1) is 17.6. The van der Waals surface area contributed by atoms with Crippen LogP contribution in [0.25, 0.3) is 16.7 Å². The summed E-state index contributed by atoms with van der Waals surface area (Å²) in [5, 5.41) is 19.0. The summed E-state index contributed by atoms with van der Waals surface area (Å²) >= 11 is 5.44. The number of hydrogen-bond donors (Lipinski definition) is 0. The summed E-state index contributed by atoms with van der Waals surface area (Å²) in [5.74, 6) is -0.508. The number of imide groups is 1. The molecule has 1 saturated heterocycles. The van der Waals surface area contributed by atoms with Crippen molar-refractivity contribution in [3.63, 3.8) is 0 Å². The van der Waals surface area contributed by atoms with Crippen LogP contribution in [0.4, 0.5) is 4.79 Å². The quantitative estimate of drug-likeness (QED) is 0.439. The third-order valence-electron chi connectivity index (χ3n) is 4.98. The number of fused-ring (bicyclic) bond motifs is 3. The van der Waals surface area contributed by atoms with E-state index in [-0.39, 0.29) is 10.6 Å². The van der Waals surface area contributed by atoms with Gasteiger partial charge in [0.2, 0.25) is 0 Å². The Kier molecular flexibility index (Phi) is 3.85. The Hall–Kier alpha value is -3.81. The van der Waals surface area contributed by atoms with Crippen molar-refractivity contribution in [2.24, 2.45) is 0 Å². The normalized spacial score (nSPS) is 17.9. The van der Waals surface area contributed by atoms with Crippen molar-refractivity contribution >= 4 is 34.7 Å². The number of urea groups is 1. The van der Waals surface area contributed by atoms with Crippen LogP contribution in [0.3, 0.4) is 0 Å². The second kappa shape index (κ2) is 6.12. The van der Waals surface area contributed by atoms with Crippen LogP contribution in [0.2, 0.25) is 0 Å². The zero-order chi connectivity index (χ0) is 20.2. The highest BCUT2D eigenvalue weighted by atomic mass is 32.1. The second-order valence-corrected chi connectivity index (χ2v) is 6.86. The van der Waals surface area contributed by atoms with Gasteiger partial charge in [0.25, 0.3) is 5.91 Å². The summed E-state index contributed by atoms with van der Waals surface area (Å²) in [5.41, 5.74) is 4.21. The maximum absolute atomic E-state index is 13.0. The van der Waals surface area contributed by atoms with E-state index >= 15 is 0 Å². The molecule has 1 heterocycles.